The van der Waals surface area contributed by atoms with Gasteiger partial charge in [-0.3, -0.25) is 4.79 Å². The van der Waals surface area contributed by atoms with E-state index in [1.165, 1.54) is 0 Å². The fourth-order valence-electron chi connectivity index (χ4n) is 2.81. The van der Waals surface area contributed by atoms with Gasteiger partial charge in [-0.1, -0.05) is 66.7 Å². The highest BCUT2D eigenvalue weighted by Crippen LogP contribution is 2.33. The van der Waals surface area contributed by atoms with Crippen LogP contribution in [0.4, 0.5) is 0 Å². The number of hydrogen-bond acceptors (Lipinski definition) is 3. The van der Waals surface area contributed by atoms with Crippen LogP contribution in [0.1, 0.15) is 47.5 Å². The van der Waals surface area contributed by atoms with E-state index in [1.807, 2.05) is 80.6 Å². The summed E-state index contributed by atoms with van der Waals surface area (Å²) in [7, 11) is 0. The van der Waals surface area contributed by atoms with Gasteiger partial charge < -0.3 is 9.47 Å². The lowest BCUT2D eigenvalue weighted by Gasteiger charge is -2.20. The van der Waals surface area contributed by atoms with Gasteiger partial charge >= 0.3 is 0 Å². The Hall–Kier alpha value is -3.07. The second kappa shape index (κ2) is 8.34. The first-order valence-electron chi connectivity index (χ1n) is 8.70. The van der Waals surface area contributed by atoms with Crippen molar-refractivity contribution in [2.75, 3.05) is 0 Å². The average Bonchev–Trinajstić information content (AvgIpc) is 2.69. The van der Waals surface area contributed by atoms with E-state index in [2.05, 4.69) is 0 Å². The minimum Gasteiger partial charge on any atom is -0.485 e. The van der Waals surface area contributed by atoms with Crippen LogP contribution in [0.5, 0.6) is 11.5 Å². The molecule has 26 heavy (non-hydrogen) atoms. The van der Waals surface area contributed by atoms with E-state index in [1.54, 1.807) is 12.1 Å². The van der Waals surface area contributed by atoms with E-state index >= 15 is 0 Å². The molecular weight excluding hydrogens is 324 g/mol. The Balaban J connectivity index is 1.82. The van der Waals surface area contributed by atoms with Crippen molar-refractivity contribution in [3.8, 4) is 11.5 Å². The first-order valence-corrected chi connectivity index (χ1v) is 8.70. The van der Waals surface area contributed by atoms with E-state index in [-0.39, 0.29) is 12.2 Å². The molecule has 0 unspecified atom stereocenters. The maximum Gasteiger partial charge on any atom is 0.157 e. The van der Waals surface area contributed by atoms with Crippen LogP contribution in [0, 0.1) is 0 Å². The van der Waals surface area contributed by atoms with Crippen molar-refractivity contribution in [2.45, 2.75) is 26.1 Å². The lowest BCUT2D eigenvalue weighted by molar-refractivity contribution is 0.110. The monoisotopic (exact) mass is 346 g/mol. The first kappa shape index (κ1) is 17.7. The number of rotatable bonds is 7. The SMILES string of the molecule is C[C@H](Oc1cccc(O[C@@H](C)c2ccccc2)c1C=O)c1ccccc1. The Morgan fingerprint density at radius 1 is 0.654 bits per heavy atom. The first-order chi connectivity index (χ1) is 12.7. The standard InChI is InChI=1S/C23H22O3/c1-17(19-10-5-3-6-11-19)25-22-14-9-15-23(21(22)16-24)26-18(2)20-12-7-4-8-13-20/h3-18H,1-2H3/t17-,18-/m0/s1. The summed E-state index contributed by atoms with van der Waals surface area (Å²) in [6.07, 6.45) is 0.452. The fourth-order valence-corrected chi connectivity index (χ4v) is 2.81. The molecule has 0 aliphatic heterocycles. The number of carbonyl (C=O) groups is 1. The highest BCUT2D eigenvalue weighted by Gasteiger charge is 2.16. The number of hydrogen-bond donors (Lipinski definition) is 0. The van der Waals surface area contributed by atoms with Crippen LogP contribution in [0.25, 0.3) is 0 Å². The van der Waals surface area contributed by atoms with Gasteiger partial charge in [0.25, 0.3) is 0 Å². The zero-order valence-corrected chi connectivity index (χ0v) is 15.0. The molecule has 3 aromatic carbocycles. The molecule has 0 aliphatic carbocycles. The molecule has 0 spiro atoms. The summed E-state index contributed by atoms with van der Waals surface area (Å²) in [4.78, 5) is 11.7. The van der Waals surface area contributed by atoms with Gasteiger partial charge in [0.15, 0.2) is 6.29 Å². The van der Waals surface area contributed by atoms with Crippen molar-refractivity contribution in [1.82, 2.24) is 0 Å². The lowest BCUT2D eigenvalue weighted by Crippen LogP contribution is -2.08. The minimum absolute atomic E-state index is 0.170. The summed E-state index contributed by atoms with van der Waals surface area (Å²) in [5, 5.41) is 0. The Morgan fingerprint density at radius 3 is 1.46 bits per heavy atom. The van der Waals surface area contributed by atoms with Gasteiger partial charge in [-0.25, -0.2) is 0 Å². The predicted molar refractivity (Wildman–Crippen MR) is 103 cm³/mol. The molecule has 0 amide bonds. The summed E-state index contributed by atoms with van der Waals surface area (Å²) in [5.41, 5.74) is 2.53. The second-order valence-electron chi connectivity index (χ2n) is 6.13. The zero-order valence-electron chi connectivity index (χ0n) is 15.0. The third-order valence-corrected chi connectivity index (χ3v) is 4.29. The molecule has 0 aliphatic rings. The maximum absolute atomic E-state index is 11.7. The largest absolute Gasteiger partial charge is 0.485 e. The normalized spacial score (nSPS) is 12.8. The van der Waals surface area contributed by atoms with Crippen LogP contribution >= 0.6 is 0 Å². The summed E-state index contributed by atoms with van der Waals surface area (Å²) in [5.74, 6) is 1.04. The summed E-state index contributed by atoms with van der Waals surface area (Å²) < 4.78 is 12.1. The highest BCUT2D eigenvalue weighted by molar-refractivity contribution is 5.83. The summed E-state index contributed by atoms with van der Waals surface area (Å²) in [6.45, 7) is 3.92. The number of ether oxygens (including phenoxy) is 2. The highest BCUT2D eigenvalue weighted by atomic mass is 16.5. The zero-order chi connectivity index (χ0) is 18.4. The van der Waals surface area contributed by atoms with Crippen molar-refractivity contribution in [1.29, 1.82) is 0 Å². The van der Waals surface area contributed by atoms with Crippen LogP contribution < -0.4 is 9.47 Å². The van der Waals surface area contributed by atoms with E-state index in [0.717, 1.165) is 17.4 Å². The molecule has 0 saturated heterocycles. The molecule has 0 radical (unpaired) electrons. The van der Waals surface area contributed by atoms with Gasteiger partial charge in [-0.2, -0.15) is 0 Å². The second-order valence-corrected chi connectivity index (χ2v) is 6.13. The Morgan fingerprint density at radius 2 is 1.08 bits per heavy atom. The predicted octanol–water partition coefficient (Wildman–Crippen LogP) is 5.78. The number of aldehydes is 1. The minimum atomic E-state index is -0.170. The molecule has 0 bridgehead atoms. The van der Waals surface area contributed by atoms with Crippen LogP contribution in [0.3, 0.4) is 0 Å². The van der Waals surface area contributed by atoms with Crippen molar-refractivity contribution in [2.24, 2.45) is 0 Å². The summed E-state index contributed by atoms with van der Waals surface area (Å²) >= 11 is 0. The molecule has 3 aromatic rings. The van der Waals surface area contributed by atoms with Crippen LogP contribution in [0.15, 0.2) is 78.9 Å². The van der Waals surface area contributed by atoms with Gasteiger partial charge in [-0.05, 0) is 37.1 Å². The molecule has 3 nitrogen and oxygen atoms in total. The fraction of sp³-hybridized carbons (Fsp3) is 0.174. The third-order valence-electron chi connectivity index (χ3n) is 4.29. The Kier molecular flexibility index (Phi) is 5.69. The number of benzene rings is 3. The molecule has 0 aromatic heterocycles. The smallest absolute Gasteiger partial charge is 0.157 e. The van der Waals surface area contributed by atoms with E-state index < -0.39 is 0 Å². The summed E-state index contributed by atoms with van der Waals surface area (Å²) in [6, 6.07) is 25.2. The van der Waals surface area contributed by atoms with Gasteiger partial charge in [-0.15, -0.1) is 0 Å². The van der Waals surface area contributed by atoms with Crippen LogP contribution in [-0.2, 0) is 0 Å². The van der Waals surface area contributed by atoms with Crippen molar-refractivity contribution < 1.29 is 14.3 Å². The molecular formula is C23H22O3. The quantitative estimate of drug-likeness (QED) is 0.509. The van der Waals surface area contributed by atoms with Gasteiger partial charge in [0.05, 0.1) is 5.56 Å². The molecule has 0 saturated carbocycles. The Bertz CT molecular complexity index is 778. The molecule has 132 valence electrons. The van der Waals surface area contributed by atoms with Gasteiger partial charge in [0, 0.05) is 0 Å². The van der Waals surface area contributed by atoms with Crippen molar-refractivity contribution in [3.63, 3.8) is 0 Å². The van der Waals surface area contributed by atoms with E-state index in [9.17, 15) is 4.79 Å². The molecule has 3 rings (SSSR count). The third kappa shape index (κ3) is 4.12. The topological polar surface area (TPSA) is 35.5 Å². The molecule has 0 N–H and O–H groups in total. The molecule has 2 atom stereocenters. The lowest BCUT2D eigenvalue weighted by atomic mass is 10.1. The van der Waals surface area contributed by atoms with Crippen LogP contribution in [0.2, 0.25) is 0 Å². The van der Waals surface area contributed by atoms with Crippen molar-refractivity contribution in [3.05, 3.63) is 95.6 Å². The number of carbonyl (C=O) groups excluding carboxylic acids is 1. The van der Waals surface area contributed by atoms with E-state index in [4.69, 9.17) is 9.47 Å². The van der Waals surface area contributed by atoms with Gasteiger partial charge in [0.1, 0.15) is 23.7 Å². The van der Waals surface area contributed by atoms with Crippen LogP contribution in [-0.4, -0.2) is 6.29 Å². The van der Waals surface area contributed by atoms with Crippen molar-refractivity contribution >= 4 is 6.29 Å². The molecule has 3 heteroatoms. The van der Waals surface area contributed by atoms with Gasteiger partial charge in [0.2, 0.25) is 0 Å². The van der Waals surface area contributed by atoms with E-state index in [0.29, 0.717) is 17.1 Å². The molecule has 0 heterocycles. The molecule has 0 fully saturated rings. The average molecular weight is 346 g/mol. The maximum atomic E-state index is 11.7. The Labute approximate surface area is 154 Å².